The summed E-state index contributed by atoms with van der Waals surface area (Å²) in [7, 11) is 0. The van der Waals surface area contributed by atoms with Gasteiger partial charge in [0.1, 0.15) is 12.4 Å². The molecular weight excluding hydrogens is 489 g/mol. The summed E-state index contributed by atoms with van der Waals surface area (Å²) in [6.07, 6.45) is -0.816. The van der Waals surface area contributed by atoms with Crippen LogP contribution in [0.1, 0.15) is 36.5 Å². The molecule has 0 fully saturated rings. The molecule has 33 heavy (non-hydrogen) atoms. The van der Waals surface area contributed by atoms with Crippen molar-refractivity contribution in [3.05, 3.63) is 93.7 Å². The number of ether oxygens (including phenoxy) is 1. The van der Waals surface area contributed by atoms with Gasteiger partial charge in [-0.15, -0.1) is 0 Å². The van der Waals surface area contributed by atoms with Gasteiger partial charge < -0.3 is 9.84 Å². The third-order valence-electron chi connectivity index (χ3n) is 6.28. The number of amides is 1. The monoisotopic (exact) mass is 511 g/mol. The second-order valence-corrected chi connectivity index (χ2v) is 8.97. The quantitative estimate of drug-likeness (QED) is 0.430. The molecule has 1 amide bonds. The standard InChI is InChI=1S/C26H23BrFNO4/c1-3-29(26(2,24(30)31)22-14-16(27)12-13-23(22)28)25(32)33-15-21-19-10-6-4-8-17(19)18-9-5-7-11-20(18)21/h4-14,21H,3,15H2,1-2H3,(H,30,31). The van der Waals surface area contributed by atoms with E-state index in [1.54, 1.807) is 6.92 Å². The predicted molar refractivity (Wildman–Crippen MR) is 127 cm³/mol. The molecule has 1 unspecified atom stereocenters. The van der Waals surface area contributed by atoms with Crippen LogP contribution in [0.5, 0.6) is 0 Å². The van der Waals surface area contributed by atoms with E-state index in [4.69, 9.17) is 4.74 Å². The van der Waals surface area contributed by atoms with Crippen LogP contribution in [0.2, 0.25) is 0 Å². The number of halogens is 2. The Morgan fingerprint density at radius 3 is 2.18 bits per heavy atom. The number of hydrogen-bond donors (Lipinski definition) is 1. The summed E-state index contributed by atoms with van der Waals surface area (Å²) in [6, 6.07) is 19.9. The summed E-state index contributed by atoms with van der Waals surface area (Å²) < 4.78 is 20.9. The first-order chi connectivity index (χ1) is 15.8. The Morgan fingerprint density at radius 1 is 1.06 bits per heavy atom. The Kier molecular flexibility index (Phi) is 6.26. The van der Waals surface area contributed by atoms with E-state index in [0.29, 0.717) is 4.47 Å². The highest BCUT2D eigenvalue weighted by atomic mass is 79.9. The fraction of sp³-hybridized carbons (Fsp3) is 0.231. The van der Waals surface area contributed by atoms with Gasteiger partial charge in [0.15, 0.2) is 5.54 Å². The van der Waals surface area contributed by atoms with Crippen molar-refractivity contribution in [2.24, 2.45) is 0 Å². The molecule has 1 N–H and O–H groups in total. The summed E-state index contributed by atoms with van der Waals surface area (Å²) in [5, 5.41) is 10.1. The first-order valence-corrected chi connectivity index (χ1v) is 11.4. The Labute approximate surface area is 199 Å². The zero-order chi connectivity index (χ0) is 23.8. The van der Waals surface area contributed by atoms with Crippen molar-refractivity contribution in [1.29, 1.82) is 0 Å². The average Bonchev–Trinajstić information content (AvgIpc) is 3.13. The second-order valence-electron chi connectivity index (χ2n) is 8.05. The van der Waals surface area contributed by atoms with Crippen molar-refractivity contribution < 1.29 is 23.8 Å². The van der Waals surface area contributed by atoms with Gasteiger partial charge in [-0.25, -0.2) is 14.0 Å². The van der Waals surface area contributed by atoms with Gasteiger partial charge in [0.25, 0.3) is 0 Å². The summed E-state index contributed by atoms with van der Waals surface area (Å²) in [5.74, 6) is -2.23. The minimum atomic E-state index is -1.95. The number of likely N-dealkylation sites (N-methyl/N-ethyl adjacent to an activating group) is 1. The van der Waals surface area contributed by atoms with Crippen LogP contribution in [0.25, 0.3) is 11.1 Å². The molecule has 3 aromatic carbocycles. The average molecular weight is 512 g/mol. The number of hydrogen-bond acceptors (Lipinski definition) is 3. The highest BCUT2D eigenvalue weighted by Crippen LogP contribution is 2.44. The normalized spacial score (nSPS) is 14.2. The van der Waals surface area contributed by atoms with Crippen LogP contribution in [-0.4, -0.2) is 35.2 Å². The molecule has 1 aliphatic rings. The maximum Gasteiger partial charge on any atom is 0.411 e. The van der Waals surface area contributed by atoms with Crippen LogP contribution in [0.3, 0.4) is 0 Å². The minimum absolute atomic E-state index is 0.0193. The van der Waals surface area contributed by atoms with Crippen LogP contribution >= 0.6 is 15.9 Å². The molecule has 170 valence electrons. The SMILES string of the molecule is CCN(C(=O)OCC1c2ccccc2-c2ccccc21)C(C)(C(=O)O)c1cc(Br)ccc1F. The first-order valence-electron chi connectivity index (χ1n) is 10.6. The largest absolute Gasteiger partial charge is 0.479 e. The van der Waals surface area contributed by atoms with E-state index >= 15 is 0 Å². The minimum Gasteiger partial charge on any atom is -0.479 e. The molecule has 0 spiro atoms. The Bertz CT molecular complexity index is 1180. The van der Waals surface area contributed by atoms with Crippen LogP contribution in [0.15, 0.2) is 71.2 Å². The van der Waals surface area contributed by atoms with Gasteiger partial charge >= 0.3 is 12.1 Å². The topological polar surface area (TPSA) is 66.8 Å². The van der Waals surface area contributed by atoms with Gasteiger partial charge in [0.2, 0.25) is 0 Å². The second kappa shape index (κ2) is 8.98. The zero-order valence-electron chi connectivity index (χ0n) is 18.2. The number of carbonyl (C=O) groups excluding carboxylic acids is 1. The maximum atomic E-state index is 14.7. The number of carboxylic acids is 1. The van der Waals surface area contributed by atoms with E-state index in [1.807, 2.05) is 48.5 Å². The molecule has 3 aromatic rings. The zero-order valence-corrected chi connectivity index (χ0v) is 19.8. The van der Waals surface area contributed by atoms with E-state index in [2.05, 4.69) is 15.9 Å². The number of rotatable bonds is 6. The third kappa shape index (κ3) is 3.91. The number of fused-ring (bicyclic) bond motifs is 3. The molecule has 1 aliphatic carbocycles. The molecule has 0 aliphatic heterocycles. The fourth-order valence-corrected chi connectivity index (χ4v) is 4.91. The van der Waals surface area contributed by atoms with Gasteiger partial charge in [0, 0.05) is 22.5 Å². The number of carboxylic acid groups (broad SMARTS) is 1. The lowest BCUT2D eigenvalue weighted by Gasteiger charge is -2.37. The number of benzene rings is 3. The van der Waals surface area contributed by atoms with E-state index in [0.717, 1.165) is 27.2 Å². The van der Waals surface area contributed by atoms with Crippen molar-refractivity contribution in [1.82, 2.24) is 4.90 Å². The van der Waals surface area contributed by atoms with Crippen LogP contribution in [0, 0.1) is 5.82 Å². The van der Waals surface area contributed by atoms with Crippen molar-refractivity contribution in [3.8, 4) is 11.1 Å². The number of nitrogens with zero attached hydrogens (tertiary/aromatic N) is 1. The van der Waals surface area contributed by atoms with Crippen LogP contribution in [-0.2, 0) is 15.1 Å². The Morgan fingerprint density at radius 2 is 1.64 bits per heavy atom. The lowest BCUT2D eigenvalue weighted by atomic mass is 9.89. The van der Waals surface area contributed by atoms with E-state index in [-0.39, 0.29) is 24.6 Å². The van der Waals surface area contributed by atoms with E-state index < -0.39 is 23.4 Å². The van der Waals surface area contributed by atoms with Gasteiger partial charge in [-0.2, -0.15) is 0 Å². The third-order valence-corrected chi connectivity index (χ3v) is 6.78. The van der Waals surface area contributed by atoms with Crippen molar-refractivity contribution in [2.45, 2.75) is 25.3 Å². The van der Waals surface area contributed by atoms with Crippen molar-refractivity contribution in [3.63, 3.8) is 0 Å². The molecule has 0 radical (unpaired) electrons. The molecule has 0 bridgehead atoms. The fourth-order valence-electron chi connectivity index (χ4n) is 4.55. The lowest BCUT2D eigenvalue weighted by Crippen LogP contribution is -2.53. The van der Waals surface area contributed by atoms with Crippen LogP contribution < -0.4 is 0 Å². The summed E-state index contributed by atoms with van der Waals surface area (Å²) in [6.45, 7) is 3.01. The highest BCUT2D eigenvalue weighted by Gasteiger charge is 2.46. The Balaban J connectivity index is 1.63. The molecule has 0 aromatic heterocycles. The van der Waals surface area contributed by atoms with Gasteiger partial charge in [0.05, 0.1) is 0 Å². The molecule has 0 saturated carbocycles. The molecule has 0 saturated heterocycles. The maximum absolute atomic E-state index is 14.7. The smallest absolute Gasteiger partial charge is 0.411 e. The summed E-state index contributed by atoms with van der Waals surface area (Å²) in [5.41, 5.74) is 2.20. The van der Waals surface area contributed by atoms with E-state index in [1.165, 1.54) is 25.1 Å². The molecule has 5 nitrogen and oxygen atoms in total. The first kappa shape index (κ1) is 23.0. The van der Waals surface area contributed by atoms with Gasteiger partial charge in [-0.1, -0.05) is 64.5 Å². The van der Waals surface area contributed by atoms with Crippen LogP contribution in [0.4, 0.5) is 9.18 Å². The molecule has 4 rings (SSSR count). The summed E-state index contributed by atoms with van der Waals surface area (Å²) in [4.78, 5) is 26.6. The van der Waals surface area contributed by atoms with Crippen molar-refractivity contribution >= 4 is 28.0 Å². The molecule has 0 heterocycles. The molecule has 7 heteroatoms. The van der Waals surface area contributed by atoms with E-state index in [9.17, 15) is 19.1 Å². The number of aliphatic carboxylic acids is 1. The molecule has 1 atom stereocenters. The van der Waals surface area contributed by atoms with Crippen molar-refractivity contribution in [2.75, 3.05) is 13.2 Å². The van der Waals surface area contributed by atoms with Gasteiger partial charge in [-0.05, 0) is 54.3 Å². The Hall–Kier alpha value is -3.19. The molecular formula is C26H23BrFNO4. The predicted octanol–water partition coefficient (Wildman–Crippen LogP) is 6.16. The number of carbonyl (C=O) groups is 2. The lowest BCUT2D eigenvalue weighted by molar-refractivity contribution is -0.150. The van der Waals surface area contributed by atoms with Gasteiger partial charge in [-0.3, -0.25) is 4.90 Å². The summed E-state index contributed by atoms with van der Waals surface area (Å²) >= 11 is 3.26. The highest BCUT2D eigenvalue weighted by molar-refractivity contribution is 9.10.